The predicted molar refractivity (Wildman–Crippen MR) is 70.1 cm³/mol. The van der Waals surface area contributed by atoms with E-state index in [1.54, 1.807) is 13.8 Å². The maximum absolute atomic E-state index is 12.9. The van der Waals surface area contributed by atoms with Gasteiger partial charge in [-0.1, -0.05) is 12.1 Å². The molecular formula is C14H12FN3O2. The number of carbonyl (C=O) groups is 2. The number of fused-ring (bicyclic) bond motifs is 1. The van der Waals surface area contributed by atoms with Gasteiger partial charge in [-0.25, -0.2) is 4.39 Å². The number of hydrogen-bond acceptors (Lipinski definition) is 3. The first kappa shape index (κ1) is 12.5. The lowest BCUT2D eigenvalue weighted by Crippen LogP contribution is -2.38. The Morgan fingerprint density at radius 2 is 1.85 bits per heavy atom. The number of benzene rings is 1. The quantitative estimate of drug-likeness (QED) is 0.808. The molecule has 5 nitrogen and oxygen atoms in total. The van der Waals surface area contributed by atoms with Gasteiger partial charge in [0.05, 0.1) is 5.69 Å². The summed E-state index contributed by atoms with van der Waals surface area (Å²) in [4.78, 5) is 24.6. The minimum Gasteiger partial charge on any atom is -0.309 e. The fourth-order valence-electron chi connectivity index (χ4n) is 2.28. The molecule has 1 N–H and O–H groups in total. The number of halogens is 1. The molecule has 1 aromatic carbocycles. The standard InChI is InChI=1S/C14H12FN3O2/c1-7-8(2)17-18-12(7)16-13(19)11(14(18)20)9-3-5-10(15)6-4-9/h3-6,11H,1-2H3,(H,16,19). The molecule has 0 saturated carbocycles. The molecule has 3 rings (SSSR count). The van der Waals surface area contributed by atoms with Crippen LogP contribution < -0.4 is 5.32 Å². The van der Waals surface area contributed by atoms with Crippen LogP contribution in [-0.2, 0) is 4.79 Å². The van der Waals surface area contributed by atoms with E-state index < -0.39 is 23.5 Å². The number of carbonyl (C=O) groups excluding carboxylic acids is 2. The number of rotatable bonds is 1. The molecule has 0 saturated heterocycles. The predicted octanol–water partition coefficient (Wildman–Crippen LogP) is 2.02. The first-order valence-corrected chi connectivity index (χ1v) is 6.16. The molecule has 1 atom stereocenters. The smallest absolute Gasteiger partial charge is 0.265 e. The van der Waals surface area contributed by atoms with Crippen molar-refractivity contribution >= 4 is 17.6 Å². The lowest BCUT2D eigenvalue weighted by molar-refractivity contribution is -0.117. The van der Waals surface area contributed by atoms with E-state index in [0.29, 0.717) is 17.1 Å². The Kier molecular flexibility index (Phi) is 2.67. The molecule has 102 valence electrons. The lowest BCUT2D eigenvalue weighted by atomic mass is 9.96. The maximum atomic E-state index is 12.9. The van der Waals surface area contributed by atoms with Crippen molar-refractivity contribution < 1.29 is 14.0 Å². The second-order valence-electron chi connectivity index (χ2n) is 4.78. The van der Waals surface area contributed by atoms with Crippen molar-refractivity contribution in [1.29, 1.82) is 0 Å². The molecule has 1 unspecified atom stereocenters. The van der Waals surface area contributed by atoms with E-state index in [2.05, 4.69) is 10.4 Å². The second kappa shape index (κ2) is 4.26. The van der Waals surface area contributed by atoms with Crippen LogP contribution in [0.4, 0.5) is 10.2 Å². The first-order chi connectivity index (χ1) is 9.49. The molecule has 1 aliphatic heterocycles. The van der Waals surface area contributed by atoms with Gasteiger partial charge < -0.3 is 5.32 Å². The van der Waals surface area contributed by atoms with Crippen molar-refractivity contribution in [3.63, 3.8) is 0 Å². The Labute approximate surface area is 114 Å². The van der Waals surface area contributed by atoms with Crippen molar-refractivity contribution in [3.05, 3.63) is 46.9 Å². The van der Waals surface area contributed by atoms with Gasteiger partial charge in [-0.05, 0) is 31.5 Å². The number of aryl methyl sites for hydroxylation is 1. The zero-order valence-electron chi connectivity index (χ0n) is 11.0. The van der Waals surface area contributed by atoms with E-state index in [4.69, 9.17) is 0 Å². The average Bonchev–Trinajstić information content (AvgIpc) is 2.69. The third-order valence-electron chi connectivity index (χ3n) is 3.52. The summed E-state index contributed by atoms with van der Waals surface area (Å²) in [6.45, 7) is 3.56. The van der Waals surface area contributed by atoms with Gasteiger partial charge in [-0.2, -0.15) is 9.78 Å². The summed E-state index contributed by atoms with van der Waals surface area (Å²) in [7, 11) is 0. The Morgan fingerprint density at radius 3 is 2.50 bits per heavy atom. The van der Waals surface area contributed by atoms with Gasteiger partial charge >= 0.3 is 0 Å². The summed E-state index contributed by atoms with van der Waals surface area (Å²) >= 11 is 0. The minimum absolute atomic E-state index is 0.413. The zero-order chi connectivity index (χ0) is 14.4. The fraction of sp³-hybridized carbons (Fsp3) is 0.214. The molecule has 2 aromatic rings. The van der Waals surface area contributed by atoms with Crippen LogP contribution in [0.5, 0.6) is 0 Å². The molecule has 6 heteroatoms. The van der Waals surface area contributed by atoms with E-state index in [1.165, 1.54) is 28.9 Å². The summed E-state index contributed by atoms with van der Waals surface area (Å²) in [5.74, 6) is -1.84. The molecule has 20 heavy (non-hydrogen) atoms. The Bertz CT molecular complexity index is 719. The largest absolute Gasteiger partial charge is 0.309 e. The van der Waals surface area contributed by atoms with E-state index in [0.717, 1.165) is 5.56 Å². The number of nitrogens with zero attached hydrogens (tertiary/aromatic N) is 2. The summed E-state index contributed by atoms with van der Waals surface area (Å²) in [5, 5.41) is 6.83. The second-order valence-corrected chi connectivity index (χ2v) is 4.78. The number of anilines is 1. The van der Waals surface area contributed by atoms with E-state index in [9.17, 15) is 14.0 Å². The molecule has 0 spiro atoms. The highest BCUT2D eigenvalue weighted by Crippen LogP contribution is 2.29. The fourth-order valence-corrected chi connectivity index (χ4v) is 2.28. The molecule has 1 aromatic heterocycles. The van der Waals surface area contributed by atoms with Crippen LogP contribution in [0.2, 0.25) is 0 Å². The van der Waals surface area contributed by atoms with Gasteiger partial charge in [0.15, 0.2) is 0 Å². The van der Waals surface area contributed by atoms with Crippen molar-refractivity contribution in [3.8, 4) is 0 Å². The minimum atomic E-state index is -0.998. The summed E-state index contributed by atoms with van der Waals surface area (Å²) in [5.41, 5.74) is 1.91. The van der Waals surface area contributed by atoms with Crippen molar-refractivity contribution in [2.24, 2.45) is 0 Å². The third kappa shape index (κ3) is 1.72. The normalized spacial score (nSPS) is 17.9. The molecule has 2 heterocycles. The van der Waals surface area contributed by atoms with Gasteiger partial charge in [0, 0.05) is 5.56 Å². The highest BCUT2D eigenvalue weighted by atomic mass is 19.1. The van der Waals surface area contributed by atoms with Gasteiger partial charge in [-0.3, -0.25) is 9.59 Å². The van der Waals surface area contributed by atoms with Crippen LogP contribution in [0.1, 0.15) is 27.5 Å². The molecule has 1 amide bonds. The molecule has 1 aliphatic rings. The van der Waals surface area contributed by atoms with Gasteiger partial charge in [0.2, 0.25) is 5.91 Å². The van der Waals surface area contributed by atoms with Gasteiger partial charge in [-0.15, -0.1) is 0 Å². The molecule has 0 aliphatic carbocycles. The third-order valence-corrected chi connectivity index (χ3v) is 3.52. The molecule has 0 radical (unpaired) electrons. The lowest BCUT2D eigenvalue weighted by Gasteiger charge is -2.22. The Hall–Kier alpha value is -2.50. The highest BCUT2D eigenvalue weighted by molar-refractivity contribution is 6.15. The van der Waals surface area contributed by atoms with E-state index in [-0.39, 0.29) is 0 Å². The van der Waals surface area contributed by atoms with Crippen LogP contribution in [0.25, 0.3) is 0 Å². The SMILES string of the molecule is Cc1nn2c(c1C)NC(=O)C(c1ccc(F)cc1)C2=O. The van der Waals surface area contributed by atoms with Crippen molar-refractivity contribution in [2.75, 3.05) is 5.32 Å². The van der Waals surface area contributed by atoms with Crippen molar-refractivity contribution in [2.45, 2.75) is 19.8 Å². The number of nitrogens with one attached hydrogen (secondary N) is 1. The molecular weight excluding hydrogens is 261 g/mol. The highest BCUT2D eigenvalue weighted by Gasteiger charge is 2.37. The number of hydrogen-bond donors (Lipinski definition) is 1. The maximum Gasteiger partial charge on any atom is 0.265 e. The van der Waals surface area contributed by atoms with Crippen LogP contribution in [-0.4, -0.2) is 21.6 Å². The van der Waals surface area contributed by atoms with E-state index in [1.807, 2.05) is 0 Å². The summed E-state index contributed by atoms with van der Waals surface area (Å²) < 4.78 is 14.1. The first-order valence-electron chi connectivity index (χ1n) is 6.16. The average molecular weight is 273 g/mol. The summed E-state index contributed by atoms with van der Waals surface area (Å²) in [6.07, 6.45) is 0. The summed E-state index contributed by atoms with van der Waals surface area (Å²) in [6, 6.07) is 5.33. The van der Waals surface area contributed by atoms with Crippen LogP contribution in [0.15, 0.2) is 24.3 Å². The Morgan fingerprint density at radius 1 is 1.20 bits per heavy atom. The van der Waals surface area contributed by atoms with Gasteiger partial charge in [0.1, 0.15) is 17.6 Å². The van der Waals surface area contributed by atoms with Crippen LogP contribution in [0, 0.1) is 19.7 Å². The zero-order valence-corrected chi connectivity index (χ0v) is 11.0. The van der Waals surface area contributed by atoms with Gasteiger partial charge in [0.25, 0.3) is 5.91 Å². The van der Waals surface area contributed by atoms with Crippen LogP contribution >= 0.6 is 0 Å². The van der Waals surface area contributed by atoms with Crippen LogP contribution in [0.3, 0.4) is 0 Å². The van der Waals surface area contributed by atoms with Crippen molar-refractivity contribution in [1.82, 2.24) is 9.78 Å². The Balaban J connectivity index is 2.08. The molecule has 0 bridgehead atoms. The number of amides is 1. The monoisotopic (exact) mass is 273 g/mol. The number of aromatic nitrogens is 2. The van der Waals surface area contributed by atoms with E-state index >= 15 is 0 Å². The topological polar surface area (TPSA) is 64.0 Å². The molecule has 0 fully saturated rings.